The molecule has 10 heteroatoms. The van der Waals surface area contributed by atoms with E-state index >= 15 is 0 Å². The molecule has 1 heterocycles. The van der Waals surface area contributed by atoms with Crippen LogP contribution in [-0.4, -0.2) is 46.4 Å². The van der Waals surface area contributed by atoms with Crippen molar-refractivity contribution in [3.05, 3.63) is 119 Å². The van der Waals surface area contributed by atoms with E-state index in [4.69, 9.17) is 15.9 Å². The average Bonchev–Trinajstić information content (AvgIpc) is 3.03. The number of nitrogen functional groups attached to an aromatic ring is 1. The number of nitrogens with zero attached hydrogens (tertiary/aromatic N) is 1. The summed E-state index contributed by atoms with van der Waals surface area (Å²) >= 11 is 0. The van der Waals surface area contributed by atoms with E-state index in [1.165, 1.54) is 6.07 Å². The molecule has 0 aliphatic carbocycles. The number of pyridine rings is 1. The van der Waals surface area contributed by atoms with Crippen molar-refractivity contribution in [2.24, 2.45) is 11.1 Å². The summed E-state index contributed by atoms with van der Waals surface area (Å²) in [4.78, 5) is 44.8. The molecule has 0 aliphatic rings. The number of amidine groups is 1. The van der Waals surface area contributed by atoms with Gasteiger partial charge in [0.15, 0.2) is 0 Å². The van der Waals surface area contributed by atoms with Crippen molar-refractivity contribution in [3.63, 3.8) is 0 Å². The minimum atomic E-state index is -0.681. The Morgan fingerprint density at radius 2 is 1.58 bits per heavy atom. The largest absolute Gasteiger partial charge is 0.457 e. The van der Waals surface area contributed by atoms with E-state index < -0.39 is 29.3 Å². The quantitative estimate of drug-likeness (QED) is 0.0899. The van der Waals surface area contributed by atoms with Crippen molar-refractivity contribution in [2.45, 2.75) is 40.4 Å². The normalized spacial score (nSPS) is 11.8. The van der Waals surface area contributed by atoms with E-state index in [1.54, 1.807) is 62.4 Å². The van der Waals surface area contributed by atoms with Crippen LogP contribution < -0.4 is 16.4 Å². The fourth-order valence-electron chi connectivity index (χ4n) is 4.32. The van der Waals surface area contributed by atoms with Crippen molar-refractivity contribution in [2.75, 3.05) is 11.9 Å². The lowest BCUT2D eigenvalue weighted by Crippen LogP contribution is -2.40. The van der Waals surface area contributed by atoms with Gasteiger partial charge >= 0.3 is 5.97 Å². The number of hydrogen-bond donors (Lipinski definition) is 5. The van der Waals surface area contributed by atoms with Crippen LogP contribution in [0.25, 0.3) is 11.1 Å². The summed E-state index contributed by atoms with van der Waals surface area (Å²) in [7, 11) is 0. The van der Waals surface area contributed by atoms with E-state index in [0.29, 0.717) is 28.1 Å². The SMILES string of the molecule is Cc1ccc(-c2ccc(C(=O)NCC(C)(C)C(C)O)cc2C(=O)OCc2ccccc2)c(C(=O)Nc2ccc(C(=N)N)cc2)n1. The molecule has 1 unspecified atom stereocenters. The molecule has 0 saturated carbocycles. The van der Waals surface area contributed by atoms with Gasteiger partial charge in [0.05, 0.1) is 11.7 Å². The number of rotatable bonds is 11. The lowest BCUT2D eigenvalue weighted by molar-refractivity contribution is 0.0473. The third kappa shape index (κ3) is 8.18. The smallest absolute Gasteiger partial charge is 0.339 e. The van der Waals surface area contributed by atoms with E-state index in [-0.39, 0.29) is 35.8 Å². The van der Waals surface area contributed by atoms with E-state index in [9.17, 15) is 19.5 Å². The minimum absolute atomic E-state index is 0.00780. The van der Waals surface area contributed by atoms with E-state index in [2.05, 4.69) is 15.6 Å². The number of aryl methyl sites for hydroxylation is 1. The van der Waals surface area contributed by atoms with Crippen molar-refractivity contribution in [3.8, 4) is 11.1 Å². The lowest BCUT2D eigenvalue weighted by Gasteiger charge is -2.28. The zero-order valence-electron chi connectivity index (χ0n) is 25.7. The third-order valence-corrected chi connectivity index (χ3v) is 7.54. The molecule has 1 aromatic heterocycles. The molecule has 0 bridgehead atoms. The van der Waals surface area contributed by atoms with Crippen molar-refractivity contribution >= 4 is 29.3 Å². The molecule has 0 radical (unpaired) electrons. The van der Waals surface area contributed by atoms with Gasteiger partial charge in [-0.15, -0.1) is 0 Å². The van der Waals surface area contributed by atoms with Gasteiger partial charge in [-0.1, -0.05) is 56.3 Å². The highest BCUT2D eigenvalue weighted by atomic mass is 16.5. The van der Waals surface area contributed by atoms with Crippen LogP contribution >= 0.6 is 0 Å². The first-order valence-corrected chi connectivity index (χ1v) is 14.4. The van der Waals surface area contributed by atoms with Gasteiger partial charge in [-0.3, -0.25) is 15.0 Å². The molecule has 0 saturated heterocycles. The van der Waals surface area contributed by atoms with Gasteiger partial charge in [0.25, 0.3) is 11.8 Å². The Hall–Kier alpha value is -5.35. The number of benzene rings is 3. The molecule has 232 valence electrons. The van der Waals surface area contributed by atoms with Crippen molar-refractivity contribution in [1.29, 1.82) is 5.41 Å². The number of esters is 1. The predicted octanol–water partition coefficient (Wildman–Crippen LogP) is 5.09. The van der Waals surface area contributed by atoms with Crippen LogP contribution in [0, 0.1) is 17.7 Å². The molecule has 10 nitrogen and oxygen atoms in total. The van der Waals surface area contributed by atoms with Crippen LogP contribution in [0.3, 0.4) is 0 Å². The molecule has 45 heavy (non-hydrogen) atoms. The summed E-state index contributed by atoms with van der Waals surface area (Å²) in [6, 6.07) is 23.7. The Morgan fingerprint density at radius 1 is 0.933 bits per heavy atom. The fraction of sp³-hybridized carbons (Fsp3) is 0.229. The maximum Gasteiger partial charge on any atom is 0.339 e. The van der Waals surface area contributed by atoms with Crippen LogP contribution in [0.4, 0.5) is 5.69 Å². The second-order valence-corrected chi connectivity index (χ2v) is 11.5. The lowest BCUT2D eigenvalue weighted by atomic mass is 9.87. The highest BCUT2D eigenvalue weighted by Crippen LogP contribution is 2.30. The minimum Gasteiger partial charge on any atom is -0.457 e. The van der Waals surface area contributed by atoms with Crippen molar-refractivity contribution < 1.29 is 24.2 Å². The standard InChI is InChI=1S/C35H37N5O5/c1-21-10-16-28(30(39-21)33(43)40-26-14-11-24(12-15-26)31(36)37)27-17-13-25(32(42)38-20-35(3,4)22(2)41)18-29(27)34(44)45-19-23-8-6-5-7-9-23/h5-18,22,41H,19-20H2,1-4H3,(H3,36,37)(H,38,42)(H,40,43). The first kappa shape index (κ1) is 32.6. The molecule has 0 fully saturated rings. The van der Waals surface area contributed by atoms with Crippen LogP contribution in [0.1, 0.15) is 68.8 Å². The number of carbonyl (C=O) groups excluding carboxylic acids is 3. The summed E-state index contributed by atoms with van der Waals surface area (Å²) in [5.41, 5.74) is 8.41. The predicted molar refractivity (Wildman–Crippen MR) is 173 cm³/mol. The number of aromatic nitrogens is 1. The van der Waals surface area contributed by atoms with Gasteiger partial charge in [-0.05, 0) is 67.4 Å². The Morgan fingerprint density at radius 3 is 2.22 bits per heavy atom. The van der Waals surface area contributed by atoms with Crippen molar-refractivity contribution in [1.82, 2.24) is 10.3 Å². The number of aliphatic hydroxyl groups is 1. The molecule has 3 aromatic carbocycles. The Kier molecular flexibility index (Phi) is 10.1. The van der Waals surface area contributed by atoms with Gasteiger partial charge in [0, 0.05) is 40.0 Å². The van der Waals surface area contributed by atoms with Crippen LogP contribution in [0.5, 0.6) is 0 Å². The Bertz CT molecular complexity index is 1720. The summed E-state index contributed by atoms with van der Waals surface area (Å²) in [6.07, 6.45) is -0.658. The second kappa shape index (κ2) is 14.0. The highest BCUT2D eigenvalue weighted by molar-refractivity contribution is 6.10. The van der Waals surface area contributed by atoms with Gasteiger partial charge in [0.1, 0.15) is 18.1 Å². The number of amides is 2. The zero-order valence-corrected chi connectivity index (χ0v) is 25.7. The summed E-state index contributed by atoms with van der Waals surface area (Å²) < 4.78 is 5.65. The number of hydrogen-bond acceptors (Lipinski definition) is 7. The molecular weight excluding hydrogens is 570 g/mol. The molecule has 1 atom stereocenters. The molecule has 4 rings (SSSR count). The molecule has 4 aromatic rings. The Labute approximate surface area is 262 Å². The molecular formula is C35H37N5O5. The molecule has 0 spiro atoms. The van der Waals surface area contributed by atoms with E-state index in [1.807, 2.05) is 44.2 Å². The number of carbonyl (C=O) groups is 3. The number of ether oxygens (including phenoxy) is 1. The maximum atomic E-state index is 13.6. The molecule has 6 N–H and O–H groups in total. The first-order chi connectivity index (χ1) is 21.4. The van der Waals surface area contributed by atoms with Crippen LogP contribution in [0.15, 0.2) is 84.9 Å². The van der Waals surface area contributed by atoms with Gasteiger partial charge in [-0.2, -0.15) is 0 Å². The molecule has 2 amide bonds. The average molecular weight is 608 g/mol. The van der Waals surface area contributed by atoms with E-state index in [0.717, 1.165) is 5.56 Å². The third-order valence-electron chi connectivity index (χ3n) is 7.54. The topological polar surface area (TPSA) is 167 Å². The summed E-state index contributed by atoms with van der Waals surface area (Å²) in [5, 5.41) is 23.3. The van der Waals surface area contributed by atoms with Crippen LogP contribution in [-0.2, 0) is 11.3 Å². The van der Waals surface area contributed by atoms with Gasteiger partial charge in [-0.25, -0.2) is 9.78 Å². The zero-order chi connectivity index (χ0) is 32.7. The maximum absolute atomic E-state index is 13.6. The van der Waals surface area contributed by atoms with Crippen LogP contribution in [0.2, 0.25) is 0 Å². The number of aliphatic hydroxyl groups excluding tert-OH is 1. The molecule has 0 aliphatic heterocycles. The number of nitrogens with one attached hydrogen (secondary N) is 3. The number of anilines is 1. The van der Waals surface area contributed by atoms with Gasteiger partial charge in [0.2, 0.25) is 0 Å². The first-order valence-electron chi connectivity index (χ1n) is 14.4. The van der Waals surface area contributed by atoms with Gasteiger partial charge < -0.3 is 26.2 Å². The highest BCUT2D eigenvalue weighted by Gasteiger charge is 2.26. The fourth-order valence-corrected chi connectivity index (χ4v) is 4.32. The second-order valence-electron chi connectivity index (χ2n) is 11.5. The monoisotopic (exact) mass is 607 g/mol. The Balaban J connectivity index is 1.71. The summed E-state index contributed by atoms with van der Waals surface area (Å²) in [6.45, 7) is 7.29. The summed E-state index contributed by atoms with van der Waals surface area (Å²) in [5.74, 6) is -1.72. The number of nitrogens with two attached hydrogens (primary N) is 1.